The van der Waals surface area contributed by atoms with Crippen LogP contribution in [0.25, 0.3) is 0 Å². The minimum atomic E-state index is -0.448. The summed E-state index contributed by atoms with van der Waals surface area (Å²) in [6, 6.07) is 0.456. The lowest BCUT2D eigenvalue weighted by Gasteiger charge is -2.22. The number of amides is 2. The standard InChI is InChI=1S/C25H47N3O7S2/c1-6-7-11-27-23(29)34-15-9-8-14-33-21-36-37-25(4,5)10-16-35-24(30)28-13-18-32-20-19-31-17-12-26-22(2)3/h22,26H,8-21H2,1-5H3,(H,27,29)(H,28,30). The van der Waals surface area contributed by atoms with Crippen molar-refractivity contribution >= 4 is 33.8 Å². The Balaban J connectivity index is 3.51. The van der Waals surface area contributed by atoms with Gasteiger partial charge in [-0.05, 0) is 40.0 Å². The van der Waals surface area contributed by atoms with Crippen molar-refractivity contribution in [3.05, 3.63) is 0 Å². The van der Waals surface area contributed by atoms with Gasteiger partial charge in [-0.3, -0.25) is 0 Å². The summed E-state index contributed by atoms with van der Waals surface area (Å²) < 4.78 is 26.7. The topological polar surface area (TPSA) is 116 Å². The summed E-state index contributed by atoms with van der Waals surface area (Å²) >= 11 is 0. The third-order valence-corrected chi connectivity index (χ3v) is 7.49. The highest BCUT2D eigenvalue weighted by molar-refractivity contribution is 8.77. The molecular formula is C25H47N3O7S2. The number of alkyl carbamates (subject to hydrolysis) is 2. The Bertz CT molecular complexity index is 644. The van der Waals surface area contributed by atoms with Gasteiger partial charge in [0.1, 0.15) is 5.94 Å². The second-order valence-electron chi connectivity index (χ2n) is 8.76. The fraction of sp³-hybridized carbons (Fsp3) is 0.840. The van der Waals surface area contributed by atoms with Gasteiger partial charge in [0.15, 0.2) is 0 Å². The average molecular weight is 566 g/mol. The van der Waals surface area contributed by atoms with E-state index in [0.29, 0.717) is 71.3 Å². The van der Waals surface area contributed by atoms with Crippen molar-refractivity contribution in [2.24, 2.45) is 0 Å². The molecule has 3 N–H and O–H groups in total. The van der Waals surface area contributed by atoms with Crippen molar-refractivity contribution in [2.75, 3.05) is 71.8 Å². The Hall–Kier alpha value is -1.36. The Morgan fingerprint density at radius 3 is 2.19 bits per heavy atom. The van der Waals surface area contributed by atoms with E-state index in [-0.39, 0.29) is 4.75 Å². The molecule has 0 saturated heterocycles. The summed E-state index contributed by atoms with van der Waals surface area (Å²) in [5, 5.41) is 8.51. The highest BCUT2D eigenvalue weighted by Gasteiger charge is 2.19. The minimum Gasteiger partial charge on any atom is -0.450 e. The Labute approximate surface area is 231 Å². The molecule has 2 amide bonds. The third kappa shape index (κ3) is 27.5. The van der Waals surface area contributed by atoms with E-state index in [4.69, 9.17) is 23.7 Å². The molecule has 0 saturated carbocycles. The predicted octanol–water partition coefficient (Wildman–Crippen LogP) is 3.80. The van der Waals surface area contributed by atoms with Gasteiger partial charge in [0.2, 0.25) is 0 Å². The molecule has 0 unspecified atom stereocenters. The summed E-state index contributed by atoms with van der Waals surface area (Å²) in [4.78, 5) is 23.2. The number of unbranched alkanes of at least 4 members (excludes halogenated alkanes) is 1. The number of nitrogens with one attached hydrogen (secondary N) is 3. The van der Waals surface area contributed by atoms with Gasteiger partial charge in [0.25, 0.3) is 0 Å². The molecule has 0 fully saturated rings. The van der Waals surface area contributed by atoms with Gasteiger partial charge in [-0.25, -0.2) is 9.59 Å². The van der Waals surface area contributed by atoms with Crippen LogP contribution in [-0.4, -0.2) is 94.8 Å². The van der Waals surface area contributed by atoms with Gasteiger partial charge in [-0.1, -0.05) is 41.4 Å². The SMILES string of the molecule is CC#CCNC(=O)OCCCCOCSSC(C)(C)CCOC(=O)NCCOCCOCCNC(C)C. The van der Waals surface area contributed by atoms with Crippen LogP contribution in [0.2, 0.25) is 0 Å². The van der Waals surface area contributed by atoms with Crippen LogP contribution in [0.3, 0.4) is 0 Å². The van der Waals surface area contributed by atoms with Crippen LogP contribution in [0.4, 0.5) is 9.59 Å². The van der Waals surface area contributed by atoms with E-state index in [1.165, 1.54) is 0 Å². The molecule has 0 spiro atoms. The monoisotopic (exact) mass is 565 g/mol. The molecular weight excluding hydrogens is 518 g/mol. The summed E-state index contributed by atoms with van der Waals surface area (Å²) in [6.45, 7) is 15.0. The fourth-order valence-electron chi connectivity index (χ4n) is 2.45. The van der Waals surface area contributed by atoms with Crippen LogP contribution in [0.15, 0.2) is 0 Å². The molecule has 0 aromatic carbocycles. The molecule has 0 aliphatic heterocycles. The molecule has 0 heterocycles. The van der Waals surface area contributed by atoms with Gasteiger partial charge in [0.05, 0.1) is 46.2 Å². The summed E-state index contributed by atoms with van der Waals surface area (Å²) in [5.74, 6) is 5.99. The lowest BCUT2D eigenvalue weighted by atomic mass is 10.1. The quantitative estimate of drug-likeness (QED) is 0.0731. The molecule has 0 aromatic heterocycles. The number of carbonyl (C=O) groups excluding carboxylic acids is 2. The van der Waals surface area contributed by atoms with Gasteiger partial charge < -0.3 is 39.6 Å². The molecule has 0 radical (unpaired) electrons. The number of rotatable bonds is 23. The average Bonchev–Trinajstić information content (AvgIpc) is 2.84. The van der Waals surface area contributed by atoms with Crippen LogP contribution in [0.5, 0.6) is 0 Å². The lowest BCUT2D eigenvalue weighted by molar-refractivity contribution is 0.0489. The molecule has 0 aliphatic rings. The molecule has 0 bridgehead atoms. The second kappa shape index (κ2) is 24.9. The maximum atomic E-state index is 11.8. The van der Waals surface area contributed by atoms with Crippen LogP contribution < -0.4 is 16.0 Å². The third-order valence-electron chi connectivity index (χ3n) is 4.45. The van der Waals surface area contributed by atoms with E-state index in [1.807, 2.05) is 0 Å². The van der Waals surface area contributed by atoms with Gasteiger partial charge >= 0.3 is 12.2 Å². The van der Waals surface area contributed by atoms with E-state index in [1.54, 1.807) is 28.5 Å². The first-order valence-electron chi connectivity index (χ1n) is 12.7. The number of hydrogen-bond acceptors (Lipinski definition) is 10. The van der Waals surface area contributed by atoms with Crippen molar-refractivity contribution in [1.82, 2.24) is 16.0 Å². The predicted molar refractivity (Wildman–Crippen MR) is 151 cm³/mol. The smallest absolute Gasteiger partial charge is 0.407 e. The Morgan fingerprint density at radius 2 is 1.49 bits per heavy atom. The first kappa shape index (κ1) is 35.6. The minimum absolute atomic E-state index is 0.0640. The zero-order valence-electron chi connectivity index (χ0n) is 23.2. The zero-order chi connectivity index (χ0) is 27.6. The molecule has 0 rings (SSSR count). The molecule has 12 heteroatoms. The maximum absolute atomic E-state index is 11.8. The summed E-state index contributed by atoms with van der Waals surface area (Å²) in [5.41, 5.74) is 0. The van der Waals surface area contributed by atoms with E-state index in [2.05, 4.69) is 55.5 Å². The van der Waals surface area contributed by atoms with E-state index in [0.717, 1.165) is 25.8 Å². The first-order valence-corrected chi connectivity index (χ1v) is 15.1. The second-order valence-corrected chi connectivity index (χ2v) is 11.7. The largest absolute Gasteiger partial charge is 0.450 e. The van der Waals surface area contributed by atoms with E-state index >= 15 is 0 Å². The number of hydrogen-bond donors (Lipinski definition) is 3. The molecule has 0 atom stereocenters. The number of ether oxygens (including phenoxy) is 5. The van der Waals surface area contributed by atoms with Crippen LogP contribution in [-0.2, 0) is 23.7 Å². The maximum Gasteiger partial charge on any atom is 0.407 e. The normalized spacial score (nSPS) is 11.1. The summed E-state index contributed by atoms with van der Waals surface area (Å²) in [6.07, 6.45) is 1.39. The van der Waals surface area contributed by atoms with Crippen molar-refractivity contribution in [2.45, 2.75) is 64.7 Å². The summed E-state index contributed by atoms with van der Waals surface area (Å²) in [7, 11) is 3.33. The Kier molecular flexibility index (Phi) is 24.0. The van der Waals surface area contributed by atoms with Crippen LogP contribution in [0, 0.1) is 11.8 Å². The zero-order valence-corrected chi connectivity index (χ0v) is 24.8. The van der Waals surface area contributed by atoms with Gasteiger partial charge in [0, 0.05) is 30.5 Å². The molecule has 0 aromatic rings. The fourth-order valence-corrected chi connectivity index (χ4v) is 4.73. The highest BCUT2D eigenvalue weighted by Crippen LogP contribution is 2.37. The molecule has 0 aliphatic carbocycles. The van der Waals surface area contributed by atoms with Crippen LogP contribution >= 0.6 is 21.6 Å². The van der Waals surface area contributed by atoms with Crippen molar-refractivity contribution in [3.8, 4) is 11.8 Å². The number of carbonyl (C=O) groups is 2. The molecule has 10 nitrogen and oxygen atoms in total. The molecule has 37 heavy (non-hydrogen) atoms. The van der Waals surface area contributed by atoms with Crippen molar-refractivity contribution in [3.63, 3.8) is 0 Å². The van der Waals surface area contributed by atoms with E-state index in [9.17, 15) is 9.59 Å². The van der Waals surface area contributed by atoms with Crippen LogP contribution in [0.1, 0.15) is 53.9 Å². The Morgan fingerprint density at radius 1 is 0.838 bits per heavy atom. The molecule has 216 valence electrons. The van der Waals surface area contributed by atoms with E-state index < -0.39 is 12.2 Å². The first-order chi connectivity index (χ1) is 17.8. The van der Waals surface area contributed by atoms with Crippen molar-refractivity contribution in [1.29, 1.82) is 0 Å². The van der Waals surface area contributed by atoms with Crippen molar-refractivity contribution < 1.29 is 33.3 Å². The van der Waals surface area contributed by atoms with Gasteiger partial charge in [-0.2, -0.15) is 0 Å². The lowest BCUT2D eigenvalue weighted by Crippen LogP contribution is -2.30. The highest BCUT2D eigenvalue weighted by atomic mass is 33.1. The van der Waals surface area contributed by atoms with Gasteiger partial charge in [-0.15, -0.1) is 5.92 Å².